The molecule has 1 fully saturated rings. The summed E-state index contributed by atoms with van der Waals surface area (Å²) >= 11 is 2.62. The number of aromatic nitrogens is 1. The number of halogens is 1. The van der Waals surface area contributed by atoms with Crippen LogP contribution in [0.25, 0.3) is 10.2 Å². The van der Waals surface area contributed by atoms with Gasteiger partial charge in [-0.15, -0.1) is 11.3 Å². The van der Waals surface area contributed by atoms with Gasteiger partial charge >= 0.3 is 0 Å². The largest absolute Gasteiger partial charge is 0.280 e. The van der Waals surface area contributed by atoms with Crippen LogP contribution in [0.3, 0.4) is 0 Å². The lowest BCUT2D eigenvalue weighted by atomic mass is 10.2. The van der Waals surface area contributed by atoms with Gasteiger partial charge in [0.2, 0.25) is 15.2 Å². The average Bonchev–Trinajstić information content (AvgIpc) is 3.46. The highest BCUT2D eigenvalue weighted by Crippen LogP contribution is 2.31. The summed E-state index contributed by atoms with van der Waals surface area (Å²) in [6.45, 7) is 1.01. The molecule has 0 N–H and O–H groups in total. The Bertz CT molecular complexity index is 1490. The maximum absolute atomic E-state index is 13.7. The van der Waals surface area contributed by atoms with Crippen molar-refractivity contribution in [2.24, 2.45) is 5.10 Å². The molecule has 1 aliphatic heterocycles. The van der Waals surface area contributed by atoms with Crippen LogP contribution >= 0.6 is 22.7 Å². The number of rotatable bonds is 6. The zero-order valence-electron chi connectivity index (χ0n) is 19.2. The Balaban J connectivity index is 1.45. The molecule has 0 aliphatic carbocycles. The van der Waals surface area contributed by atoms with Gasteiger partial charge in [0, 0.05) is 23.5 Å². The normalized spacial score (nSPS) is 15.4. The summed E-state index contributed by atoms with van der Waals surface area (Å²) in [4.78, 5) is 19.0. The molecule has 36 heavy (non-hydrogen) atoms. The van der Waals surface area contributed by atoms with E-state index in [1.165, 1.54) is 57.0 Å². The van der Waals surface area contributed by atoms with E-state index < -0.39 is 15.9 Å². The van der Waals surface area contributed by atoms with Gasteiger partial charge in [-0.3, -0.25) is 4.79 Å². The molecular formula is C25H23FN4O3S3. The topological polar surface area (TPSA) is 82.9 Å². The Morgan fingerprint density at radius 2 is 1.81 bits per heavy atom. The minimum absolute atomic E-state index is 0.157. The first kappa shape index (κ1) is 24.7. The fourth-order valence-corrected chi connectivity index (χ4v) is 7.01. The highest BCUT2D eigenvalue weighted by atomic mass is 32.2. The maximum atomic E-state index is 13.7. The van der Waals surface area contributed by atoms with Crippen LogP contribution in [0.2, 0.25) is 0 Å². The zero-order chi connectivity index (χ0) is 25.1. The van der Waals surface area contributed by atoms with Crippen LogP contribution in [0.4, 0.5) is 9.52 Å². The highest BCUT2D eigenvalue weighted by molar-refractivity contribution is 7.89. The minimum Gasteiger partial charge on any atom is -0.267 e. The second-order valence-corrected chi connectivity index (χ2v) is 12.3. The van der Waals surface area contributed by atoms with E-state index in [4.69, 9.17) is 0 Å². The van der Waals surface area contributed by atoms with Gasteiger partial charge in [0.25, 0.3) is 5.91 Å². The third-order valence-corrected chi connectivity index (χ3v) is 9.57. The van der Waals surface area contributed by atoms with Crippen LogP contribution in [0.15, 0.2) is 70.0 Å². The lowest BCUT2D eigenvalue weighted by molar-refractivity contribution is 0.0987. The number of thiazole rings is 1. The number of hydrazone groups is 1. The molecule has 0 unspecified atom stereocenters. The van der Waals surface area contributed by atoms with Crippen molar-refractivity contribution in [2.75, 3.05) is 18.1 Å². The Morgan fingerprint density at radius 3 is 2.50 bits per heavy atom. The smallest absolute Gasteiger partial charge is 0.267 e. The Kier molecular flexibility index (Phi) is 7.24. The van der Waals surface area contributed by atoms with Crippen molar-refractivity contribution < 1.29 is 17.6 Å². The lowest BCUT2D eigenvalue weighted by Gasteiger charge is -2.20. The number of nitrogens with zero attached hydrogens (tertiary/aromatic N) is 4. The number of hydrogen-bond acceptors (Lipinski definition) is 7. The van der Waals surface area contributed by atoms with Crippen LogP contribution in [0.1, 0.15) is 40.9 Å². The van der Waals surface area contributed by atoms with Crippen LogP contribution in [0, 0.1) is 5.82 Å². The molecule has 1 amide bonds. The third kappa shape index (κ3) is 5.24. The van der Waals surface area contributed by atoms with E-state index in [2.05, 4.69) is 10.1 Å². The second-order valence-electron chi connectivity index (χ2n) is 8.33. The van der Waals surface area contributed by atoms with E-state index in [9.17, 15) is 17.6 Å². The van der Waals surface area contributed by atoms with E-state index in [0.717, 1.165) is 41.9 Å². The van der Waals surface area contributed by atoms with Crippen LogP contribution in [-0.4, -0.2) is 42.9 Å². The van der Waals surface area contributed by atoms with E-state index in [1.807, 2.05) is 17.5 Å². The molecule has 1 aliphatic rings. The van der Waals surface area contributed by atoms with Crippen molar-refractivity contribution in [3.05, 3.63) is 76.2 Å². The maximum Gasteiger partial charge on any atom is 0.280 e. The van der Waals surface area contributed by atoms with E-state index in [1.54, 1.807) is 12.3 Å². The molecule has 1 saturated heterocycles. The number of anilines is 1. The van der Waals surface area contributed by atoms with Crippen LogP contribution in [0.5, 0.6) is 0 Å². The van der Waals surface area contributed by atoms with Crippen LogP contribution < -0.4 is 5.01 Å². The number of sulfonamides is 1. The number of amides is 1. The summed E-state index contributed by atoms with van der Waals surface area (Å²) in [5.41, 5.74) is 0.818. The molecular weight excluding hydrogens is 519 g/mol. The molecule has 0 radical (unpaired) electrons. The Labute approximate surface area is 216 Å². The summed E-state index contributed by atoms with van der Waals surface area (Å²) in [5.74, 6) is -0.861. The first-order valence-electron chi connectivity index (χ1n) is 11.5. The molecule has 0 atom stereocenters. The molecule has 4 aromatic rings. The molecule has 0 spiro atoms. The van der Waals surface area contributed by atoms with Gasteiger partial charge in [-0.2, -0.15) is 14.4 Å². The number of fused-ring (bicyclic) bond motifs is 1. The highest BCUT2D eigenvalue weighted by Gasteiger charge is 2.26. The van der Waals surface area contributed by atoms with E-state index in [0.29, 0.717) is 23.3 Å². The fourth-order valence-electron chi connectivity index (χ4n) is 3.97. The quantitative estimate of drug-likeness (QED) is 0.230. The van der Waals surface area contributed by atoms with Gasteiger partial charge in [-0.25, -0.2) is 17.8 Å². The van der Waals surface area contributed by atoms with Crippen molar-refractivity contribution in [3.8, 4) is 0 Å². The molecule has 3 heterocycles. The molecule has 7 nitrogen and oxygen atoms in total. The zero-order valence-corrected chi connectivity index (χ0v) is 21.7. The SMILES string of the molecule is O=C(c1ccc(S(=O)(=O)N2CCCCCC2)cc1)N(/N=C/c1cccs1)c1nc2ccc(F)cc2s1. The second kappa shape index (κ2) is 10.6. The number of hydrogen-bond donors (Lipinski definition) is 0. The average molecular weight is 543 g/mol. The summed E-state index contributed by atoms with van der Waals surface area (Å²) < 4.78 is 42.0. The Morgan fingerprint density at radius 1 is 1.06 bits per heavy atom. The van der Waals surface area contributed by atoms with Crippen LogP contribution in [-0.2, 0) is 10.0 Å². The van der Waals surface area contributed by atoms with Crippen molar-refractivity contribution in [1.29, 1.82) is 0 Å². The van der Waals surface area contributed by atoms with Gasteiger partial charge in [0.05, 0.1) is 21.3 Å². The van der Waals surface area contributed by atoms with Gasteiger partial charge in [0.15, 0.2) is 0 Å². The van der Waals surface area contributed by atoms with Gasteiger partial charge in [0.1, 0.15) is 5.82 Å². The van der Waals surface area contributed by atoms with E-state index in [-0.39, 0.29) is 21.4 Å². The summed E-state index contributed by atoms with van der Waals surface area (Å²) in [5, 5.41) is 7.74. The molecule has 2 aromatic heterocycles. The number of carbonyl (C=O) groups is 1. The van der Waals surface area contributed by atoms with Crippen molar-refractivity contribution in [2.45, 2.75) is 30.6 Å². The number of carbonyl (C=O) groups excluding carboxylic acids is 1. The number of benzene rings is 2. The summed E-state index contributed by atoms with van der Waals surface area (Å²) in [7, 11) is -3.63. The van der Waals surface area contributed by atoms with Crippen molar-refractivity contribution in [1.82, 2.24) is 9.29 Å². The summed E-state index contributed by atoms with van der Waals surface area (Å²) in [6.07, 6.45) is 5.31. The molecule has 0 saturated carbocycles. The molecule has 2 aromatic carbocycles. The number of thiophene rings is 1. The molecule has 186 valence electrons. The van der Waals surface area contributed by atoms with Crippen molar-refractivity contribution >= 4 is 60.2 Å². The first-order valence-corrected chi connectivity index (χ1v) is 14.6. The fraction of sp³-hybridized carbons (Fsp3) is 0.240. The summed E-state index contributed by atoms with van der Waals surface area (Å²) in [6, 6.07) is 13.9. The first-order chi connectivity index (χ1) is 17.4. The standard InChI is InChI=1S/C25H23FN4O3S3/c26-19-9-12-22-23(16-19)35-25(28-22)30(27-17-20-6-5-15-34-20)24(31)18-7-10-21(11-8-18)36(32,33)29-13-3-1-2-4-14-29/h5-12,15-17H,1-4,13-14H2/b27-17+. The minimum atomic E-state index is -3.63. The monoisotopic (exact) mass is 542 g/mol. The van der Waals surface area contributed by atoms with Crippen molar-refractivity contribution in [3.63, 3.8) is 0 Å². The van der Waals surface area contributed by atoms with Gasteiger partial charge in [-0.05, 0) is 66.8 Å². The molecule has 5 rings (SSSR count). The Hall–Kier alpha value is -2.99. The predicted octanol–water partition coefficient (Wildman–Crippen LogP) is 5.74. The third-order valence-electron chi connectivity index (χ3n) is 5.86. The predicted molar refractivity (Wildman–Crippen MR) is 142 cm³/mol. The molecule has 0 bridgehead atoms. The van der Waals surface area contributed by atoms with E-state index >= 15 is 0 Å². The molecule has 11 heteroatoms. The lowest BCUT2D eigenvalue weighted by Crippen LogP contribution is -2.32. The van der Waals surface area contributed by atoms with Gasteiger partial charge < -0.3 is 0 Å². The van der Waals surface area contributed by atoms with Gasteiger partial charge in [-0.1, -0.05) is 30.2 Å².